The van der Waals surface area contributed by atoms with Crippen molar-refractivity contribution in [3.8, 4) is 0 Å². The summed E-state index contributed by atoms with van der Waals surface area (Å²) in [6.45, 7) is 0. The van der Waals surface area contributed by atoms with Gasteiger partial charge < -0.3 is 4.98 Å². The minimum absolute atomic E-state index is 0.158. The molecule has 2 aromatic rings. The molecule has 12 heavy (non-hydrogen) atoms. The van der Waals surface area contributed by atoms with Gasteiger partial charge in [-0.1, -0.05) is 11.6 Å². The van der Waals surface area contributed by atoms with Crippen molar-refractivity contribution in [1.82, 2.24) is 9.97 Å². The van der Waals surface area contributed by atoms with E-state index in [9.17, 15) is 4.79 Å². The van der Waals surface area contributed by atoms with Crippen molar-refractivity contribution < 1.29 is 0 Å². The molecule has 0 aliphatic carbocycles. The molecule has 2 heterocycles. The molecule has 0 fully saturated rings. The average Bonchev–Trinajstić information content (AvgIpc) is 2.04. The molecule has 0 saturated carbocycles. The van der Waals surface area contributed by atoms with E-state index in [0.717, 1.165) is 0 Å². The Hall–Kier alpha value is -1.35. The van der Waals surface area contributed by atoms with E-state index >= 15 is 0 Å². The van der Waals surface area contributed by atoms with Crippen molar-refractivity contribution in [1.29, 1.82) is 0 Å². The van der Waals surface area contributed by atoms with Gasteiger partial charge in [-0.2, -0.15) is 0 Å². The smallest absolute Gasteiger partial charge is 0.209 e. The molecule has 0 atom stereocenters. The number of fused-ring (bicyclic) bond motifs is 1. The van der Waals surface area contributed by atoms with Crippen LogP contribution in [0.4, 0.5) is 0 Å². The number of hydrogen-bond acceptors (Lipinski definition) is 2. The molecule has 3 nitrogen and oxygen atoms in total. The van der Waals surface area contributed by atoms with E-state index in [1.807, 2.05) is 0 Å². The van der Waals surface area contributed by atoms with E-state index in [1.54, 1.807) is 18.3 Å². The lowest BCUT2D eigenvalue weighted by Gasteiger charge is -1.95. The lowest BCUT2D eigenvalue weighted by Crippen LogP contribution is -2.02. The maximum Gasteiger partial charge on any atom is 0.209 e. The van der Waals surface area contributed by atoms with Gasteiger partial charge in [0.05, 0.1) is 5.52 Å². The minimum Gasteiger partial charge on any atom is -0.344 e. The molecule has 2 rings (SSSR count). The van der Waals surface area contributed by atoms with Gasteiger partial charge in [-0.05, 0) is 12.1 Å². The van der Waals surface area contributed by atoms with Crippen molar-refractivity contribution >= 4 is 22.6 Å². The molecule has 0 aromatic carbocycles. The fourth-order valence-corrected chi connectivity index (χ4v) is 1.25. The second-order valence-electron chi connectivity index (χ2n) is 2.38. The lowest BCUT2D eigenvalue weighted by molar-refractivity contribution is 1.31. The molecule has 0 aliphatic heterocycles. The van der Waals surface area contributed by atoms with Gasteiger partial charge in [-0.3, -0.25) is 9.78 Å². The summed E-state index contributed by atoms with van der Waals surface area (Å²) < 4.78 is 0. The molecule has 0 radical (unpaired) electrons. The van der Waals surface area contributed by atoms with E-state index in [1.165, 1.54) is 6.07 Å². The van der Waals surface area contributed by atoms with Crippen LogP contribution in [0.1, 0.15) is 0 Å². The summed E-state index contributed by atoms with van der Waals surface area (Å²) in [7, 11) is 0. The summed E-state index contributed by atoms with van der Waals surface area (Å²) >= 11 is 5.64. The van der Waals surface area contributed by atoms with Crippen LogP contribution >= 0.6 is 11.6 Å². The van der Waals surface area contributed by atoms with Crippen LogP contribution in [0, 0.1) is 0 Å². The van der Waals surface area contributed by atoms with Crippen LogP contribution in [0.5, 0.6) is 0 Å². The number of hydrogen-bond donors (Lipinski definition) is 1. The van der Waals surface area contributed by atoms with Gasteiger partial charge in [0.1, 0.15) is 10.7 Å². The topological polar surface area (TPSA) is 45.8 Å². The number of nitrogens with one attached hydrogen (secondary N) is 1. The summed E-state index contributed by atoms with van der Waals surface area (Å²) in [6, 6.07) is 4.82. The van der Waals surface area contributed by atoms with E-state index in [2.05, 4.69) is 9.97 Å². The Morgan fingerprint density at radius 2 is 2.33 bits per heavy atom. The van der Waals surface area contributed by atoms with Gasteiger partial charge >= 0.3 is 0 Å². The van der Waals surface area contributed by atoms with Gasteiger partial charge in [0.25, 0.3) is 0 Å². The number of rotatable bonds is 0. The van der Waals surface area contributed by atoms with Crippen molar-refractivity contribution in [2.75, 3.05) is 0 Å². The van der Waals surface area contributed by atoms with Crippen molar-refractivity contribution in [2.24, 2.45) is 0 Å². The Balaban J connectivity index is 2.99. The average molecular weight is 181 g/mol. The molecular weight excluding hydrogens is 176 g/mol. The van der Waals surface area contributed by atoms with Gasteiger partial charge in [0, 0.05) is 12.3 Å². The predicted molar refractivity (Wildman–Crippen MR) is 47.4 cm³/mol. The largest absolute Gasteiger partial charge is 0.344 e. The van der Waals surface area contributed by atoms with Crippen LogP contribution in [-0.4, -0.2) is 9.97 Å². The third-order valence-corrected chi connectivity index (χ3v) is 1.76. The highest BCUT2D eigenvalue weighted by Crippen LogP contribution is 2.07. The normalized spacial score (nSPS) is 10.4. The highest BCUT2D eigenvalue weighted by Gasteiger charge is 1.99. The Kier molecular flexibility index (Phi) is 1.59. The van der Waals surface area contributed by atoms with Crippen LogP contribution in [0.2, 0.25) is 5.15 Å². The van der Waals surface area contributed by atoms with Crippen LogP contribution in [-0.2, 0) is 0 Å². The predicted octanol–water partition coefficient (Wildman–Crippen LogP) is 1.58. The van der Waals surface area contributed by atoms with Crippen LogP contribution in [0.25, 0.3) is 11.0 Å². The first-order valence-corrected chi connectivity index (χ1v) is 3.79. The Morgan fingerprint density at radius 1 is 1.50 bits per heavy atom. The third-order valence-electron chi connectivity index (χ3n) is 1.55. The molecule has 0 aliphatic rings. The summed E-state index contributed by atoms with van der Waals surface area (Å²) in [6.07, 6.45) is 1.57. The second kappa shape index (κ2) is 2.60. The number of nitrogens with zero attached hydrogens (tertiary/aromatic N) is 1. The van der Waals surface area contributed by atoms with Crippen molar-refractivity contribution in [2.45, 2.75) is 0 Å². The third kappa shape index (κ3) is 1.08. The molecule has 60 valence electrons. The summed E-state index contributed by atoms with van der Waals surface area (Å²) in [5.74, 6) is 0. The zero-order valence-electron chi connectivity index (χ0n) is 6.04. The molecule has 4 heteroatoms. The maximum atomic E-state index is 11.2. The summed E-state index contributed by atoms with van der Waals surface area (Å²) in [5.41, 5.74) is 0.922. The van der Waals surface area contributed by atoms with Crippen molar-refractivity contribution in [3.63, 3.8) is 0 Å². The Bertz CT molecular complexity index is 478. The van der Waals surface area contributed by atoms with Crippen LogP contribution in [0.15, 0.2) is 29.2 Å². The zero-order valence-corrected chi connectivity index (χ0v) is 6.80. The number of halogens is 1. The first kappa shape index (κ1) is 7.31. The molecule has 0 spiro atoms. The molecular formula is C8H5ClN2O. The van der Waals surface area contributed by atoms with Gasteiger partial charge in [0.15, 0.2) is 0 Å². The lowest BCUT2D eigenvalue weighted by atomic mass is 10.3. The summed E-state index contributed by atoms with van der Waals surface area (Å²) in [5, 5.41) is 0.334. The second-order valence-corrected chi connectivity index (χ2v) is 2.79. The summed E-state index contributed by atoms with van der Waals surface area (Å²) in [4.78, 5) is 18.0. The fraction of sp³-hybridized carbons (Fsp3) is 0. The number of aromatic amines is 1. The molecule has 1 N–H and O–H groups in total. The maximum absolute atomic E-state index is 11.2. The van der Waals surface area contributed by atoms with E-state index in [0.29, 0.717) is 16.2 Å². The Morgan fingerprint density at radius 3 is 3.17 bits per heavy atom. The highest BCUT2D eigenvalue weighted by atomic mass is 35.5. The zero-order chi connectivity index (χ0) is 8.55. The number of H-pyrrole nitrogens is 1. The standard InChI is InChI=1S/C8H5ClN2O/c9-7-4-6(12)8-5(11-7)2-1-3-10-8/h1-4H,(H,11,12). The molecule has 0 amide bonds. The fourth-order valence-electron chi connectivity index (χ4n) is 1.05. The first-order chi connectivity index (χ1) is 5.77. The number of pyridine rings is 2. The van der Waals surface area contributed by atoms with Crippen molar-refractivity contribution in [3.05, 3.63) is 39.8 Å². The molecule has 0 unspecified atom stereocenters. The van der Waals surface area contributed by atoms with E-state index in [4.69, 9.17) is 11.6 Å². The molecule has 0 bridgehead atoms. The van der Waals surface area contributed by atoms with Gasteiger partial charge in [0.2, 0.25) is 5.43 Å². The Labute approximate surface area is 73.0 Å². The van der Waals surface area contributed by atoms with E-state index in [-0.39, 0.29) is 5.43 Å². The molecule has 2 aromatic heterocycles. The first-order valence-electron chi connectivity index (χ1n) is 3.41. The molecule has 0 saturated heterocycles. The minimum atomic E-state index is -0.158. The van der Waals surface area contributed by atoms with Crippen LogP contribution < -0.4 is 5.43 Å². The SMILES string of the molecule is O=c1cc(Cl)[nH]c2cccnc12. The highest BCUT2D eigenvalue weighted by molar-refractivity contribution is 6.29. The van der Waals surface area contributed by atoms with Gasteiger partial charge in [-0.15, -0.1) is 0 Å². The van der Waals surface area contributed by atoms with Gasteiger partial charge in [-0.25, -0.2) is 0 Å². The quantitative estimate of drug-likeness (QED) is 0.626. The monoisotopic (exact) mass is 180 g/mol. The van der Waals surface area contributed by atoms with E-state index < -0.39 is 0 Å². The number of aromatic nitrogens is 2. The van der Waals surface area contributed by atoms with Crippen LogP contribution in [0.3, 0.4) is 0 Å².